The van der Waals surface area contributed by atoms with E-state index in [0.29, 0.717) is 18.4 Å². The fraction of sp³-hybridized carbons (Fsp3) is 0.917. The van der Waals surface area contributed by atoms with Gasteiger partial charge >= 0.3 is 0 Å². The number of amides is 1. The summed E-state index contributed by atoms with van der Waals surface area (Å²) in [5, 5.41) is 0. The first-order valence-corrected chi connectivity index (χ1v) is 6.26. The van der Waals surface area contributed by atoms with E-state index in [1.807, 2.05) is 4.90 Å². The molecule has 0 aromatic carbocycles. The van der Waals surface area contributed by atoms with Gasteiger partial charge in [0.1, 0.15) is 6.10 Å². The van der Waals surface area contributed by atoms with E-state index >= 15 is 0 Å². The van der Waals surface area contributed by atoms with E-state index in [0.717, 1.165) is 25.9 Å². The molecule has 0 aliphatic carbocycles. The minimum atomic E-state index is -0.231. The smallest absolute Gasteiger partial charge is 0.251 e. The van der Waals surface area contributed by atoms with Crippen LogP contribution in [0.25, 0.3) is 0 Å². The molecule has 0 saturated carbocycles. The van der Waals surface area contributed by atoms with Gasteiger partial charge in [0.25, 0.3) is 5.91 Å². The first-order valence-electron chi connectivity index (χ1n) is 6.26. The third-order valence-corrected chi connectivity index (χ3v) is 3.95. The molecule has 2 aliphatic heterocycles. The molecule has 0 aromatic heterocycles. The molecule has 0 bridgehead atoms. The van der Waals surface area contributed by atoms with Crippen LogP contribution in [0.15, 0.2) is 0 Å². The molecule has 17 heavy (non-hydrogen) atoms. The van der Waals surface area contributed by atoms with Gasteiger partial charge in [0.2, 0.25) is 0 Å². The molecule has 0 radical (unpaired) electrons. The molecule has 1 amide bonds. The Balaban J connectivity index is 0.00000144. The van der Waals surface area contributed by atoms with E-state index in [1.54, 1.807) is 0 Å². The van der Waals surface area contributed by atoms with Gasteiger partial charge in [0.15, 0.2) is 0 Å². The van der Waals surface area contributed by atoms with Gasteiger partial charge < -0.3 is 15.4 Å². The minimum absolute atomic E-state index is 0. The van der Waals surface area contributed by atoms with E-state index in [-0.39, 0.29) is 30.5 Å². The Bertz CT molecular complexity index is 265. The third kappa shape index (κ3) is 3.12. The fourth-order valence-electron chi connectivity index (χ4n) is 2.57. The van der Waals surface area contributed by atoms with Gasteiger partial charge in [-0.1, -0.05) is 13.8 Å². The van der Waals surface area contributed by atoms with Gasteiger partial charge in [-0.2, -0.15) is 0 Å². The summed E-state index contributed by atoms with van der Waals surface area (Å²) in [5.41, 5.74) is 5.54. The number of carbonyl (C=O) groups excluding carboxylic acids is 1. The molecule has 2 aliphatic rings. The maximum absolute atomic E-state index is 12.2. The molecule has 4 atom stereocenters. The summed E-state index contributed by atoms with van der Waals surface area (Å²) in [6.45, 7) is 6.70. The molecule has 2 unspecified atom stereocenters. The van der Waals surface area contributed by atoms with Crippen molar-refractivity contribution in [2.75, 3.05) is 19.6 Å². The molecular weight excluding hydrogens is 240 g/mol. The summed E-state index contributed by atoms with van der Waals surface area (Å²) >= 11 is 0. The lowest BCUT2D eigenvalue weighted by molar-refractivity contribution is -0.141. The maximum Gasteiger partial charge on any atom is 0.251 e. The molecular formula is C12H23ClN2O2. The summed E-state index contributed by atoms with van der Waals surface area (Å²) < 4.78 is 5.64. The molecule has 0 aromatic rings. The van der Waals surface area contributed by atoms with Crippen molar-refractivity contribution in [3.05, 3.63) is 0 Å². The van der Waals surface area contributed by atoms with Crippen LogP contribution in [0.2, 0.25) is 0 Å². The van der Waals surface area contributed by atoms with Crippen molar-refractivity contribution < 1.29 is 9.53 Å². The molecule has 2 rings (SSSR count). The van der Waals surface area contributed by atoms with Crippen LogP contribution in [-0.2, 0) is 9.53 Å². The number of ether oxygens (including phenoxy) is 1. The van der Waals surface area contributed by atoms with Crippen LogP contribution < -0.4 is 5.73 Å². The van der Waals surface area contributed by atoms with Crippen molar-refractivity contribution in [3.8, 4) is 0 Å². The highest BCUT2D eigenvalue weighted by molar-refractivity contribution is 5.85. The number of rotatable bonds is 2. The predicted octanol–water partition coefficient (Wildman–Crippen LogP) is 1.03. The van der Waals surface area contributed by atoms with Crippen molar-refractivity contribution in [1.29, 1.82) is 0 Å². The van der Waals surface area contributed by atoms with Crippen molar-refractivity contribution in [1.82, 2.24) is 4.90 Å². The van der Waals surface area contributed by atoms with Crippen molar-refractivity contribution in [3.63, 3.8) is 0 Å². The van der Waals surface area contributed by atoms with Gasteiger partial charge in [-0.25, -0.2) is 0 Å². The van der Waals surface area contributed by atoms with E-state index < -0.39 is 0 Å². The number of halogens is 1. The second-order valence-electron chi connectivity index (χ2n) is 5.26. The second-order valence-corrected chi connectivity index (χ2v) is 5.26. The number of hydrogen-bond acceptors (Lipinski definition) is 3. The lowest BCUT2D eigenvalue weighted by atomic mass is 10.0. The average molecular weight is 263 g/mol. The maximum atomic E-state index is 12.2. The minimum Gasteiger partial charge on any atom is -0.364 e. The average Bonchev–Trinajstić information content (AvgIpc) is 2.86. The molecule has 2 heterocycles. The van der Waals surface area contributed by atoms with Crippen LogP contribution in [0.4, 0.5) is 0 Å². The normalized spacial score (nSPS) is 37.0. The van der Waals surface area contributed by atoms with Crippen molar-refractivity contribution >= 4 is 18.3 Å². The van der Waals surface area contributed by atoms with Gasteiger partial charge in [-0.15, -0.1) is 12.4 Å². The highest BCUT2D eigenvalue weighted by Crippen LogP contribution is 2.26. The molecule has 4 nitrogen and oxygen atoms in total. The SMILES string of the molecule is CC1CN(C(=O)[C@@H]2CC[C@H](CN)O2)CC1C.Cl. The highest BCUT2D eigenvalue weighted by atomic mass is 35.5. The largest absolute Gasteiger partial charge is 0.364 e. The number of hydrogen-bond donors (Lipinski definition) is 1. The zero-order chi connectivity index (χ0) is 11.7. The van der Waals surface area contributed by atoms with E-state index in [9.17, 15) is 4.79 Å². The van der Waals surface area contributed by atoms with E-state index in [4.69, 9.17) is 10.5 Å². The Morgan fingerprint density at radius 3 is 2.35 bits per heavy atom. The van der Waals surface area contributed by atoms with Crippen molar-refractivity contribution in [2.24, 2.45) is 17.6 Å². The second kappa shape index (κ2) is 6.03. The Labute approximate surface area is 109 Å². The lowest BCUT2D eigenvalue weighted by Crippen LogP contribution is -2.38. The molecule has 0 spiro atoms. The van der Waals surface area contributed by atoms with Gasteiger partial charge in [-0.05, 0) is 24.7 Å². The zero-order valence-electron chi connectivity index (χ0n) is 10.6. The fourth-order valence-corrected chi connectivity index (χ4v) is 2.57. The molecule has 100 valence electrons. The quantitative estimate of drug-likeness (QED) is 0.809. The summed E-state index contributed by atoms with van der Waals surface area (Å²) in [4.78, 5) is 14.1. The van der Waals surface area contributed by atoms with Crippen molar-refractivity contribution in [2.45, 2.75) is 38.9 Å². The summed E-state index contributed by atoms with van der Waals surface area (Å²) in [7, 11) is 0. The Kier molecular flexibility index (Phi) is 5.22. The van der Waals surface area contributed by atoms with Crippen LogP contribution in [-0.4, -0.2) is 42.6 Å². The molecule has 2 saturated heterocycles. The van der Waals surface area contributed by atoms with Gasteiger partial charge in [-0.3, -0.25) is 4.79 Å². The number of carbonyl (C=O) groups is 1. The molecule has 2 N–H and O–H groups in total. The molecule has 2 fully saturated rings. The number of nitrogens with zero attached hydrogens (tertiary/aromatic N) is 1. The summed E-state index contributed by atoms with van der Waals surface area (Å²) in [6.07, 6.45) is 1.61. The van der Waals surface area contributed by atoms with Gasteiger partial charge in [0, 0.05) is 19.6 Å². The lowest BCUT2D eigenvalue weighted by Gasteiger charge is -2.20. The zero-order valence-corrected chi connectivity index (χ0v) is 11.4. The van der Waals surface area contributed by atoms with Crippen LogP contribution in [0.5, 0.6) is 0 Å². The first-order chi connectivity index (χ1) is 7.61. The topological polar surface area (TPSA) is 55.6 Å². The van der Waals surface area contributed by atoms with E-state index in [2.05, 4.69) is 13.8 Å². The monoisotopic (exact) mass is 262 g/mol. The van der Waals surface area contributed by atoms with E-state index in [1.165, 1.54) is 0 Å². The highest BCUT2D eigenvalue weighted by Gasteiger charge is 2.37. The Morgan fingerprint density at radius 2 is 1.88 bits per heavy atom. The summed E-state index contributed by atoms with van der Waals surface area (Å²) in [6, 6.07) is 0. The number of nitrogens with two attached hydrogens (primary N) is 1. The summed E-state index contributed by atoms with van der Waals surface area (Å²) in [5.74, 6) is 1.39. The predicted molar refractivity (Wildman–Crippen MR) is 69.1 cm³/mol. The van der Waals surface area contributed by atoms with Crippen LogP contribution >= 0.6 is 12.4 Å². The Hall–Kier alpha value is -0.320. The van der Waals surface area contributed by atoms with Gasteiger partial charge in [0.05, 0.1) is 6.10 Å². The first kappa shape index (κ1) is 14.7. The standard InChI is InChI=1S/C12H22N2O2.ClH/c1-8-6-14(7-9(8)2)12(15)11-4-3-10(5-13)16-11;/h8-11H,3-7,13H2,1-2H3;1H/t8?,9?,10-,11+;/m1./s1. The van der Waals surface area contributed by atoms with Crippen LogP contribution in [0, 0.1) is 11.8 Å². The Morgan fingerprint density at radius 1 is 1.29 bits per heavy atom. The number of likely N-dealkylation sites (tertiary alicyclic amines) is 1. The van der Waals surface area contributed by atoms with Crippen LogP contribution in [0.3, 0.4) is 0 Å². The molecule has 5 heteroatoms. The third-order valence-electron chi connectivity index (χ3n) is 3.95. The van der Waals surface area contributed by atoms with Crippen LogP contribution in [0.1, 0.15) is 26.7 Å².